The number of ether oxygens (including phenoxy) is 1. The van der Waals surface area contributed by atoms with Crippen molar-refractivity contribution in [3.8, 4) is 5.75 Å². The average Bonchev–Trinajstić information content (AvgIpc) is 2.29. The third kappa shape index (κ3) is 3.92. The molecule has 1 atom stereocenters. The van der Waals surface area contributed by atoms with E-state index < -0.39 is 0 Å². The van der Waals surface area contributed by atoms with Crippen molar-refractivity contribution >= 4 is 0 Å². The molecule has 0 fully saturated rings. The highest BCUT2D eigenvalue weighted by molar-refractivity contribution is 5.33. The first kappa shape index (κ1) is 12.1. The minimum absolute atomic E-state index is 0.284. The van der Waals surface area contributed by atoms with Gasteiger partial charge in [-0.3, -0.25) is 0 Å². The van der Waals surface area contributed by atoms with Crippen LogP contribution < -0.4 is 4.74 Å². The zero-order valence-corrected chi connectivity index (χ0v) is 9.57. The van der Waals surface area contributed by atoms with E-state index in [9.17, 15) is 0 Å². The Labute approximate surface area is 91.9 Å². The van der Waals surface area contributed by atoms with E-state index in [4.69, 9.17) is 9.84 Å². The van der Waals surface area contributed by atoms with E-state index in [2.05, 4.69) is 13.0 Å². The van der Waals surface area contributed by atoms with Gasteiger partial charge >= 0.3 is 0 Å². The summed E-state index contributed by atoms with van der Waals surface area (Å²) in [5.41, 5.74) is 1.25. The first-order valence-corrected chi connectivity index (χ1v) is 5.50. The monoisotopic (exact) mass is 208 g/mol. The second-order valence-electron chi connectivity index (χ2n) is 3.99. The van der Waals surface area contributed by atoms with Crippen LogP contribution in [-0.2, 0) is 6.42 Å². The molecule has 2 nitrogen and oxygen atoms in total. The van der Waals surface area contributed by atoms with E-state index in [0.29, 0.717) is 5.92 Å². The Morgan fingerprint density at radius 2 is 2.07 bits per heavy atom. The second-order valence-corrected chi connectivity index (χ2v) is 3.99. The summed E-state index contributed by atoms with van der Waals surface area (Å²) in [5.74, 6) is 1.37. The summed E-state index contributed by atoms with van der Waals surface area (Å²) in [5, 5.41) is 8.91. The van der Waals surface area contributed by atoms with Crippen molar-refractivity contribution in [2.45, 2.75) is 26.2 Å². The van der Waals surface area contributed by atoms with Crippen LogP contribution in [0.2, 0.25) is 0 Å². The van der Waals surface area contributed by atoms with Crippen LogP contribution >= 0.6 is 0 Å². The molecule has 1 rings (SSSR count). The van der Waals surface area contributed by atoms with Crippen molar-refractivity contribution < 1.29 is 9.84 Å². The van der Waals surface area contributed by atoms with Gasteiger partial charge in [-0.15, -0.1) is 0 Å². The molecule has 1 unspecified atom stereocenters. The lowest BCUT2D eigenvalue weighted by Crippen LogP contribution is -2.01. The summed E-state index contributed by atoms with van der Waals surface area (Å²) in [7, 11) is 1.70. The summed E-state index contributed by atoms with van der Waals surface area (Å²) in [6, 6.07) is 8.11. The smallest absolute Gasteiger partial charge is 0.122 e. The molecule has 0 aliphatic carbocycles. The predicted molar refractivity (Wildman–Crippen MR) is 62.2 cm³/mol. The minimum Gasteiger partial charge on any atom is -0.496 e. The largest absolute Gasteiger partial charge is 0.496 e. The highest BCUT2D eigenvalue weighted by Crippen LogP contribution is 2.20. The molecule has 2 heteroatoms. The summed E-state index contributed by atoms with van der Waals surface area (Å²) >= 11 is 0. The first-order valence-electron chi connectivity index (χ1n) is 5.50. The molecule has 15 heavy (non-hydrogen) atoms. The fourth-order valence-electron chi connectivity index (χ4n) is 1.64. The zero-order chi connectivity index (χ0) is 11.1. The Kier molecular flexibility index (Phi) is 5.19. The number of hydrogen-bond acceptors (Lipinski definition) is 2. The van der Waals surface area contributed by atoms with Crippen LogP contribution in [0.1, 0.15) is 25.3 Å². The van der Waals surface area contributed by atoms with Crippen molar-refractivity contribution in [1.29, 1.82) is 0 Å². The van der Waals surface area contributed by atoms with Crippen molar-refractivity contribution in [1.82, 2.24) is 0 Å². The van der Waals surface area contributed by atoms with Crippen LogP contribution in [0.15, 0.2) is 24.3 Å². The van der Waals surface area contributed by atoms with Crippen LogP contribution in [0.25, 0.3) is 0 Å². The number of aliphatic hydroxyl groups excluding tert-OH is 1. The summed E-state index contributed by atoms with van der Waals surface area (Å²) in [6.45, 7) is 2.36. The number of aliphatic hydroxyl groups is 1. The molecule has 0 aliphatic rings. The molecular weight excluding hydrogens is 188 g/mol. The van der Waals surface area contributed by atoms with E-state index in [1.54, 1.807) is 7.11 Å². The molecule has 0 aliphatic heterocycles. The van der Waals surface area contributed by atoms with Crippen molar-refractivity contribution in [2.24, 2.45) is 5.92 Å². The van der Waals surface area contributed by atoms with E-state index >= 15 is 0 Å². The Balaban J connectivity index is 2.43. The molecule has 0 spiro atoms. The third-order valence-corrected chi connectivity index (χ3v) is 2.65. The molecule has 1 aromatic carbocycles. The van der Waals surface area contributed by atoms with Crippen LogP contribution in [0.4, 0.5) is 0 Å². The molecule has 0 heterocycles. The molecule has 1 aromatic rings. The molecule has 0 amide bonds. The molecule has 0 bridgehead atoms. The first-order chi connectivity index (χ1) is 7.27. The van der Waals surface area contributed by atoms with Crippen LogP contribution in [0, 0.1) is 5.92 Å². The number of hydrogen-bond donors (Lipinski definition) is 1. The Morgan fingerprint density at radius 1 is 1.33 bits per heavy atom. The lowest BCUT2D eigenvalue weighted by atomic mass is 10.0. The molecule has 0 radical (unpaired) electrons. The van der Waals surface area contributed by atoms with E-state index in [-0.39, 0.29) is 6.61 Å². The Bertz CT molecular complexity index is 284. The lowest BCUT2D eigenvalue weighted by molar-refractivity contribution is 0.228. The number of methoxy groups -OCH3 is 1. The molecular formula is C13H20O2. The van der Waals surface area contributed by atoms with Crippen LogP contribution in [0.3, 0.4) is 0 Å². The molecule has 0 saturated carbocycles. The number of benzene rings is 1. The van der Waals surface area contributed by atoms with Crippen molar-refractivity contribution in [3.63, 3.8) is 0 Å². The minimum atomic E-state index is 0.284. The maximum Gasteiger partial charge on any atom is 0.122 e. The van der Waals surface area contributed by atoms with E-state index in [1.165, 1.54) is 5.56 Å². The molecule has 0 saturated heterocycles. The van der Waals surface area contributed by atoms with Gasteiger partial charge in [-0.2, -0.15) is 0 Å². The fourth-order valence-corrected chi connectivity index (χ4v) is 1.64. The summed E-state index contributed by atoms with van der Waals surface area (Å²) < 4.78 is 5.28. The summed E-state index contributed by atoms with van der Waals surface area (Å²) in [4.78, 5) is 0. The third-order valence-electron chi connectivity index (χ3n) is 2.65. The zero-order valence-electron chi connectivity index (χ0n) is 9.57. The Morgan fingerprint density at radius 3 is 2.73 bits per heavy atom. The highest BCUT2D eigenvalue weighted by atomic mass is 16.5. The average molecular weight is 208 g/mol. The van der Waals surface area contributed by atoms with Crippen molar-refractivity contribution in [3.05, 3.63) is 29.8 Å². The normalized spacial score (nSPS) is 12.5. The van der Waals surface area contributed by atoms with Crippen LogP contribution in [0.5, 0.6) is 5.75 Å². The Hall–Kier alpha value is -1.02. The van der Waals surface area contributed by atoms with Gasteiger partial charge in [0.1, 0.15) is 5.75 Å². The second kappa shape index (κ2) is 6.46. The van der Waals surface area contributed by atoms with E-state index in [0.717, 1.165) is 25.0 Å². The number of para-hydroxylation sites is 1. The van der Waals surface area contributed by atoms with Gasteiger partial charge in [0.15, 0.2) is 0 Å². The number of rotatable bonds is 6. The molecule has 0 aromatic heterocycles. The number of aryl methyl sites for hydroxylation is 1. The molecule has 1 N–H and O–H groups in total. The van der Waals surface area contributed by atoms with Gasteiger partial charge in [0.25, 0.3) is 0 Å². The fraction of sp³-hybridized carbons (Fsp3) is 0.538. The summed E-state index contributed by atoms with van der Waals surface area (Å²) in [6.07, 6.45) is 3.19. The van der Waals surface area contributed by atoms with Crippen molar-refractivity contribution in [2.75, 3.05) is 13.7 Å². The predicted octanol–water partition coefficient (Wildman–Crippen LogP) is 2.65. The van der Waals surface area contributed by atoms with Gasteiger partial charge in [-0.25, -0.2) is 0 Å². The maximum atomic E-state index is 8.91. The quantitative estimate of drug-likeness (QED) is 0.778. The van der Waals surface area contributed by atoms with Gasteiger partial charge < -0.3 is 9.84 Å². The highest BCUT2D eigenvalue weighted by Gasteiger charge is 2.03. The van der Waals surface area contributed by atoms with Gasteiger partial charge in [-0.05, 0) is 36.8 Å². The van der Waals surface area contributed by atoms with Gasteiger partial charge in [0.2, 0.25) is 0 Å². The van der Waals surface area contributed by atoms with Crippen LogP contribution in [-0.4, -0.2) is 18.8 Å². The standard InChI is InChI=1S/C13H20O2/c1-11(10-14)6-5-8-12-7-3-4-9-13(12)15-2/h3-4,7,9,11,14H,5-6,8,10H2,1-2H3. The SMILES string of the molecule is COc1ccccc1CCCC(C)CO. The molecule has 84 valence electrons. The maximum absolute atomic E-state index is 8.91. The van der Waals surface area contributed by atoms with Gasteiger partial charge in [0.05, 0.1) is 7.11 Å². The van der Waals surface area contributed by atoms with E-state index in [1.807, 2.05) is 18.2 Å². The topological polar surface area (TPSA) is 29.5 Å². The van der Waals surface area contributed by atoms with Gasteiger partial charge in [0, 0.05) is 6.61 Å². The van der Waals surface area contributed by atoms with Gasteiger partial charge in [-0.1, -0.05) is 25.1 Å². The lowest BCUT2D eigenvalue weighted by Gasteiger charge is -2.09.